The molecule has 0 saturated carbocycles. The number of rotatable bonds is 7. The fraction of sp³-hybridized carbons (Fsp3) is 0.300. The Morgan fingerprint density at radius 3 is 2.83 bits per heavy atom. The summed E-state index contributed by atoms with van der Waals surface area (Å²) in [5, 5.41) is 11.9. The minimum absolute atomic E-state index is 0.106. The van der Waals surface area contributed by atoms with Crippen molar-refractivity contribution >= 4 is 17.7 Å². The molecule has 1 atom stereocenters. The van der Waals surface area contributed by atoms with Crippen LogP contribution in [0.3, 0.4) is 0 Å². The number of nitrogens with zero attached hydrogens (tertiary/aromatic N) is 5. The number of hydrogen-bond donors (Lipinski definition) is 0. The van der Waals surface area contributed by atoms with Gasteiger partial charge >= 0.3 is 0 Å². The Bertz CT molecular complexity index is 1010. The maximum atomic E-state index is 13.4. The number of carbonyl (C=O) groups is 1. The average Bonchev–Trinajstić information content (AvgIpc) is 3.15. The number of ether oxygens (including phenoxy) is 1. The number of amides is 1. The molecule has 2 aromatic carbocycles. The topological polar surface area (TPSA) is 73.1 Å². The average molecular weight is 415 g/mol. The Balaban J connectivity index is 1.75. The molecule has 0 saturated heterocycles. The predicted octanol–water partition coefficient (Wildman–Crippen LogP) is 3.26. The molecule has 1 aromatic heterocycles. The minimum Gasteiger partial charge on any atom is -0.494 e. The van der Waals surface area contributed by atoms with Crippen molar-refractivity contribution in [2.24, 2.45) is 0 Å². The van der Waals surface area contributed by atoms with Gasteiger partial charge in [0.05, 0.1) is 12.4 Å². The second-order valence-electron chi connectivity index (χ2n) is 6.63. The summed E-state index contributed by atoms with van der Waals surface area (Å²) in [6.45, 7) is 4.08. The van der Waals surface area contributed by atoms with Gasteiger partial charge in [0.1, 0.15) is 17.3 Å². The molecule has 1 amide bonds. The van der Waals surface area contributed by atoms with Crippen molar-refractivity contribution < 1.29 is 13.9 Å². The van der Waals surface area contributed by atoms with Crippen molar-refractivity contribution in [2.45, 2.75) is 30.8 Å². The molecule has 0 aliphatic rings. The molecule has 0 unspecified atom stereocenters. The monoisotopic (exact) mass is 415 g/mol. The van der Waals surface area contributed by atoms with Gasteiger partial charge in [-0.2, -0.15) is 4.68 Å². The molecule has 0 fully saturated rings. The van der Waals surface area contributed by atoms with Crippen LogP contribution in [0.2, 0.25) is 0 Å². The predicted molar refractivity (Wildman–Crippen MR) is 109 cm³/mol. The lowest BCUT2D eigenvalue weighted by molar-refractivity contribution is -0.129. The van der Waals surface area contributed by atoms with Crippen LogP contribution >= 0.6 is 11.8 Å². The Kier molecular flexibility index (Phi) is 6.48. The molecule has 1 heterocycles. The molecule has 0 aliphatic carbocycles. The molecule has 0 radical (unpaired) electrons. The molecule has 0 N–H and O–H groups in total. The van der Waals surface area contributed by atoms with Crippen molar-refractivity contribution in [3.05, 3.63) is 59.4 Å². The van der Waals surface area contributed by atoms with Gasteiger partial charge in [-0.1, -0.05) is 30.0 Å². The second kappa shape index (κ2) is 9.04. The Labute approximate surface area is 172 Å². The van der Waals surface area contributed by atoms with Crippen LogP contribution in [0.4, 0.5) is 4.39 Å². The summed E-state index contributed by atoms with van der Waals surface area (Å²) in [5.41, 5.74) is 2.46. The molecular formula is C20H22FN5O2S. The third-order valence-electron chi connectivity index (χ3n) is 4.32. The summed E-state index contributed by atoms with van der Waals surface area (Å²) in [5.74, 6) is 0.203. The van der Waals surface area contributed by atoms with Crippen molar-refractivity contribution in [1.82, 2.24) is 25.1 Å². The standard InChI is InChI=1S/C20H22FN5O2S/c1-13-8-9-18(28-4)17(10-13)26-20(22-23-24-26)29-14(2)19(27)25(3)12-15-6-5-7-16(21)11-15/h5-11,14H,12H2,1-4H3/t14-/m0/s1. The van der Waals surface area contributed by atoms with E-state index in [0.717, 1.165) is 11.1 Å². The summed E-state index contributed by atoms with van der Waals surface area (Å²) in [7, 11) is 3.27. The normalized spacial score (nSPS) is 11.9. The van der Waals surface area contributed by atoms with Gasteiger partial charge in [0.25, 0.3) is 0 Å². The molecule has 7 nitrogen and oxygen atoms in total. The van der Waals surface area contributed by atoms with Gasteiger partial charge in [-0.25, -0.2) is 4.39 Å². The van der Waals surface area contributed by atoms with Crippen molar-refractivity contribution in [3.8, 4) is 11.4 Å². The third-order valence-corrected chi connectivity index (χ3v) is 5.34. The highest BCUT2D eigenvalue weighted by atomic mass is 32.2. The van der Waals surface area contributed by atoms with Crippen LogP contribution in [0.5, 0.6) is 5.75 Å². The Morgan fingerprint density at radius 2 is 2.10 bits per heavy atom. The Morgan fingerprint density at radius 1 is 1.31 bits per heavy atom. The maximum absolute atomic E-state index is 13.4. The molecular weight excluding hydrogens is 393 g/mol. The molecule has 3 rings (SSSR count). The van der Waals surface area contributed by atoms with E-state index in [2.05, 4.69) is 15.5 Å². The van der Waals surface area contributed by atoms with E-state index in [9.17, 15) is 9.18 Å². The number of hydrogen-bond acceptors (Lipinski definition) is 6. The zero-order valence-corrected chi connectivity index (χ0v) is 17.5. The number of tetrazole rings is 1. The number of aromatic nitrogens is 4. The Hall–Kier alpha value is -2.94. The summed E-state index contributed by atoms with van der Waals surface area (Å²) in [4.78, 5) is 14.4. The van der Waals surface area contributed by atoms with Crippen molar-refractivity contribution in [3.63, 3.8) is 0 Å². The van der Waals surface area contributed by atoms with Crippen LogP contribution in [-0.4, -0.2) is 50.4 Å². The van der Waals surface area contributed by atoms with Crippen molar-refractivity contribution in [1.29, 1.82) is 0 Å². The zero-order valence-electron chi connectivity index (χ0n) is 16.7. The molecule has 0 aliphatic heterocycles. The first-order valence-electron chi connectivity index (χ1n) is 8.98. The number of aryl methyl sites for hydroxylation is 1. The van der Waals surface area contributed by atoms with Crippen LogP contribution in [0.25, 0.3) is 5.69 Å². The minimum atomic E-state index is -0.436. The number of halogens is 1. The molecule has 3 aromatic rings. The first kappa shape index (κ1) is 20.8. The number of carbonyl (C=O) groups excluding carboxylic acids is 1. The highest BCUT2D eigenvalue weighted by molar-refractivity contribution is 8.00. The summed E-state index contributed by atoms with van der Waals surface area (Å²) in [6.07, 6.45) is 0. The first-order valence-corrected chi connectivity index (χ1v) is 9.86. The SMILES string of the molecule is COc1ccc(C)cc1-n1nnnc1S[C@@H](C)C(=O)N(C)Cc1cccc(F)c1. The van der Waals surface area contributed by atoms with Gasteiger partial charge in [0.15, 0.2) is 0 Å². The quantitative estimate of drug-likeness (QED) is 0.552. The van der Waals surface area contributed by atoms with E-state index < -0.39 is 5.25 Å². The van der Waals surface area contributed by atoms with E-state index in [1.807, 2.05) is 25.1 Å². The van der Waals surface area contributed by atoms with E-state index >= 15 is 0 Å². The van der Waals surface area contributed by atoms with Gasteiger partial charge in [-0.3, -0.25) is 4.79 Å². The van der Waals surface area contributed by atoms with Crippen LogP contribution in [0, 0.1) is 12.7 Å². The van der Waals surface area contributed by atoms with E-state index in [1.165, 1.54) is 23.9 Å². The number of benzene rings is 2. The molecule has 29 heavy (non-hydrogen) atoms. The van der Waals surface area contributed by atoms with Crippen LogP contribution < -0.4 is 4.74 Å². The highest BCUT2D eigenvalue weighted by Gasteiger charge is 2.23. The van der Waals surface area contributed by atoms with Crippen LogP contribution in [-0.2, 0) is 11.3 Å². The van der Waals surface area contributed by atoms with Gasteiger partial charge < -0.3 is 9.64 Å². The second-order valence-corrected chi connectivity index (χ2v) is 7.94. The maximum Gasteiger partial charge on any atom is 0.235 e. The molecule has 152 valence electrons. The number of thioether (sulfide) groups is 1. The van der Waals surface area contributed by atoms with Gasteiger partial charge in [-0.05, 0) is 59.7 Å². The molecule has 0 spiro atoms. The lowest BCUT2D eigenvalue weighted by atomic mass is 10.2. The molecule has 0 bridgehead atoms. The van der Waals surface area contributed by atoms with Gasteiger partial charge in [0, 0.05) is 13.6 Å². The van der Waals surface area contributed by atoms with Crippen molar-refractivity contribution in [2.75, 3.05) is 14.2 Å². The third kappa shape index (κ3) is 4.92. The first-order chi connectivity index (χ1) is 13.9. The van der Waals surface area contributed by atoms with Gasteiger partial charge in [-0.15, -0.1) is 5.10 Å². The van der Waals surface area contributed by atoms with Crippen LogP contribution in [0.15, 0.2) is 47.6 Å². The van der Waals surface area contributed by atoms with E-state index in [-0.39, 0.29) is 11.7 Å². The number of methoxy groups -OCH3 is 1. The highest BCUT2D eigenvalue weighted by Crippen LogP contribution is 2.29. The smallest absolute Gasteiger partial charge is 0.235 e. The fourth-order valence-corrected chi connectivity index (χ4v) is 3.79. The summed E-state index contributed by atoms with van der Waals surface area (Å²) < 4.78 is 20.4. The summed E-state index contributed by atoms with van der Waals surface area (Å²) in [6, 6.07) is 11.9. The van der Waals surface area contributed by atoms with E-state index in [1.54, 1.807) is 42.8 Å². The largest absolute Gasteiger partial charge is 0.494 e. The van der Waals surface area contributed by atoms with Gasteiger partial charge in [0.2, 0.25) is 11.1 Å². The lowest BCUT2D eigenvalue weighted by Crippen LogP contribution is -2.33. The van der Waals surface area contributed by atoms with Crippen LogP contribution in [0.1, 0.15) is 18.1 Å². The lowest BCUT2D eigenvalue weighted by Gasteiger charge is -2.21. The fourth-order valence-electron chi connectivity index (χ4n) is 2.88. The molecule has 9 heteroatoms. The van der Waals surface area contributed by atoms with E-state index in [0.29, 0.717) is 23.1 Å². The zero-order chi connectivity index (χ0) is 21.0. The van der Waals surface area contributed by atoms with E-state index in [4.69, 9.17) is 4.74 Å². The summed E-state index contributed by atoms with van der Waals surface area (Å²) >= 11 is 1.25.